The summed E-state index contributed by atoms with van der Waals surface area (Å²) in [6, 6.07) is 30.3. The van der Waals surface area contributed by atoms with Gasteiger partial charge in [-0.25, -0.2) is 14.4 Å². The lowest BCUT2D eigenvalue weighted by Gasteiger charge is -2.26. The fourth-order valence-corrected chi connectivity index (χ4v) is 5.42. The summed E-state index contributed by atoms with van der Waals surface area (Å²) in [5, 5.41) is 0. The average Bonchev–Trinajstić information content (AvgIpc) is 3.39. The third kappa shape index (κ3) is 6.78. The van der Waals surface area contributed by atoms with E-state index in [1.807, 2.05) is 0 Å². The van der Waals surface area contributed by atoms with E-state index >= 15 is 0 Å². The van der Waals surface area contributed by atoms with Crippen molar-refractivity contribution in [2.45, 2.75) is 43.9 Å². The molecule has 6 rings (SSSR count). The lowest BCUT2D eigenvalue weighted by atomic mass is 9.90. The first kappa shape index (κ1) is 29.8. The van der Waals surface area contributed by atoms with Crippen molar-refractivity contribution in [3.63, 3.8) is 0 Å². The molecule has 4 atom stereocenters. The molecule has 0 aromatic heterocycles. The highest BCUT2D eigenvalue weighted by Gasteiger charge is 2.52. The number of ketones is 1. The average molecular weight is 607 g/mol. The third-order valence-electron chi connectivity index (χ3n) is 7.67. The van der Waals surface area contributed by atoms with Gasteiger partial charge in [0.25, 0.3) is 0 Å². The van der Waals surface area contributed by atoms with Gasteiger partial charge in [-0.3, -0.25) is 4.79 Å². The molecule has 0 saturated carbocycles. The Labute approximate surface area is 259 Å². The van der Waals surface area contributed by atoms with Gasteiger partial charge in [0.05, 0.1) is 16.7 Å². The minimum Gasteiger partial charge on any atom is -0.460 e. The SMILES string of the molecule is O=C(OC[C@H]1O[C@@H](Oc2cccc3c2CCCC3=O)[C@H](OC(=O)c2ccccc2)[C@@H]1OC(=O)c1ccccc1)c1ccccc1. The van der Waals surface area contributed by atoms with Gasteiger partial charge in [-0.15, -0.1) is 0 Å². The highest BCUT2D eigenvalue weighted by Crippen LogP contribution is 2.35. The van der Waals surface area contributed by atoms with E-state index in [1.165, 1.54) is 0 Å². The van der Waals surface area contributed by atoms with Crippen molar-refractivity contribution in [3.05, 3.63) is 137 Å². The van der Waals surface area contributed by atoms with Crippen LogP contribution >= 0.6 is 0 Å². The first-order chi connectivity index (χ1) is 22.0. The highest BCUT2D eigenvalue weighted by atomic mass is 16.7. The maximum atomic E-state index is 13.3. The summed E-state index contributed by atoms with van der Waals surface area (Å²) in [7, 11) is 0. The van der Waals surface area contributed by atoms with Crippen molar-refractivity contribution in [2.24, 2.45) is 0 Å². The Kier molecular flexibility index (Phi) is 8.98. The number of hydrogen-bond donors (Lipinski definition) is 0. The van der Waals surface area contributed by atoms with Crippen LogP contribution in [-0.4, -0.2) is 54.9 Å². The van der Waals surface area contributed by atoms with Crippen LogP contribution in [0.25, 0.3) is 0 Å². The molecule has 228 valence electrons. The Bertz CT molecular complexity index is 1670. The van der Waals surface area contributed by atoms with E-state index in [2.05, 4.69) is 0 Å². The molecule has 1 fully saturated rings. The Morgan fingerprint density at radius 3 is 1.80 bits per heavy atom. The molecule has 2 aliphatic rings. The number of hydrogen-bond acceptors (Lipinski definition) is 9. The monoisotopic (exact) mass is 606 g/mol. The third-order valence-corrected chi connectivity index (χ3v) is 7.67. The Morgan fingerprint density at radius 1 is 0.644 bits per heavy atom. The number of carbonyl (C=O) groups is 4. The molecular formula is C36H30O9. The van der Waals surface area contributed by atoms with Crippen molar-refractivity contribution in [1.82, 2.24) is 0 Å². The molecule has 1 saturated heterocycles. The Balaban J connectivity index is 1.33. The standard InChI is InChI=1S/C36H30O9/c37-28-20-10-19-27-26(28)18-11-21-29(27)42-36-32(45-35(40)25-16-8-3-9-17-25)31(44-34(39)24-14-6-2-7-15-24)30(43-36)22-41-33(38)23-12-4-1-5-13-23/h1-9,11-18,21,30-32,36H,10,19-20,22H2/t30-,31-,32-,36-/m1/s1. The second kappa shape index (κ2) is 13.6. The second-order valence-electron chi connectivity index (χ2n) is 10.7. The number of esters is 3. The van der Waals surface area contributed by atoms with Crippen LogP contribution in [0.2, 0.25) is 0 Å². The predicted molar refractivity (Wildman–Crippen MR) is 161 cm³/mol. The van der Waals surface area contributed by atoms with Gasteiger partial charge in [0.1, 0.15) is 18.5 Å². The summed E-state index contributed by atoms with van der Waals surface area (Å²) in [6.07, 6.45) is -3.09. The molecule has 0 amide bonds. The fourth-order valence-electron chi connectivity index (χ4n) is 5.42. The summed E-state index contributed by atoms with van der Waals surface area (Å²) in [5.41, 5.74) is 2.16. The Hall–Kier alpha value is -5.28. The molecule has 0 spiro atoms. The molecule has 0 radical (unpaired) electrons. The second-order valence-corrected chi connectivity index (χ2v) is 10.7. The lowest BCUT2D eigenvalue weighted by Crippen LogP contribution is -2.43. The summed E-state index contributed by atoms with van der Waals surface area (Å²) in [4.78, 5) is 52.1. The maximum absolute atomic E-state index is 13.3. The van der Waals surface area contributed by atoms with Gasteiger partial charge in [-0.1, -0.05) is 66.7 Å². The van der Waals surface area contributed by atoms with Gasteiger partial charge in [0, 0.05) is 17.5 Å². The van der Waals surface area contributed by atoms with Gasteiger partial charge in [-0.2, -0.15) is 0 Å². The van der Waals surface area contributed by atoms with Gasteiger partial charge in [-0.05, 0) is 55.3 Å². The summed E-state index contributed by atoms with van der Waals surface area (Å²) in [6.45, 7) is -0.328. The quantitative estimate of drug-likeness (QED) is 0.177. The van der Waals surface area contributed by atoms with E-state index in [1.54, 1.807) is 109 Å². The Morgan fingerprint density at radius 2 is 1.20 bits per heavy atom. The summed E-state index contributed by atoms with van der Waals surface area (Å²) < 4.78 is 30.0. The van der Waals surface area contributed by atoms with Gasteiger partial charge >= 0.3 is 17.9 Å². The molecule has 0 bridgehead atoms. The molecule has 4 aromatic rings. The van der Waals surface area contributed by atoms with Crippen molar-refractivity contribution in [2.75, 3.05) is 6.61 Å². The number of carbonyl (C=O) groups excluding carboxylic acids is 4. The van der Waals surface area contributed by atoms with E-state index in [0.29, 0.717) is 36.1 Å². The van der Waals surface area contributed by atoms with Crippen LogP contribution in [0.1, 0.15) is 59.8 Å². The van der Waals surface area contributed by atoms with Crippen LogP contribution in [0.5, 0.6) is 5.75 Å². The van der Waals surface area contributed by atoms with E-state index in [0.717, 1.165) is 5.56 Å². The normalized spacial score (nSPS) is 20.5. The number of ether oxygens (including phenoxy) is 5. The van der Waals surface area contributed by atoms with Crippen LogP contribution in [0.15, 0.2) is 109 Å². The minimum atomic E-state index is -1.27. The fraction of sp³-hybridized carbons (Fsp3) is 0.222. The summed E-state index contributed by atoms with van der Waals surface area (Å²) >= 11 is 0. The van der Waals surface area contributed by atoms with Crippen LogP contribution in [0, 0.1) is 0 Å². The van der Waals surface area contributed by atoms with Crippen LogP contribution in [-0.2, 0) is 25.4 Å². The zero-order chi connectivity index (χ0) is 31.2. The number of benzene rings is 4. The van der Waals surface area contributed by atoms with E-state index < -0.39 is 42.5 Å². The zero-order valence-electron chi connectivity index (χ0n) is 24.2. The predicted octanol–water partition coefficient (Wildman–Crippen LogP) is 5.62. The molecule has 45 heavy (non-hydrogen) atoms. The minimum absolute atomic E-state index is 0.0152. The van der Waals surface area contributed by atoms with Crippen molar-refractivity contribution >= 4 is 23.7 Å². The molecule has 0 unspecified atom stereocenters. The van der Waals surface area contributed by atoms with Gasteiger partial charge in [0.2, 0.25) is 12.4 Å². The van der Waals surface area contributed by atoms with E-state index in [9.17, 15) is 19.2 Å². The number of fused-ring (bicyclic) bond motifs is 1. The van der Waals surface area contributed by atoms with Crippen LogP contribution < -0.4 is 4.74 Å². The molecule has 4 aromatic carbocycles. The maximum Gasteiger partial charge on any atom is 0.338 e. The molecule has 9 heteroatoms. The topological polar surface area (TPSA) is 114 Å². The van der Waals surface area contributed by atoms with Crippen LogP contribution in [0.3, 0.4) is 0 Å². The van der Waals surface area contributed by atoms with Gasteiger partial charge < -0.3 is 23.7 Å². The van der Waals surface area contributed by atoms with Crippen molar-refractivity contribution in [1.29, 1.82) is 0 Å². The molecule has 0 N–H and O–H groups in total. The molecule has 1 aliphatic carbocycles. The first-order valence-corrected chi connectivity index (χ1v) is 14.7. The van der Waals surface area contributed by atoms with E-state index in [4.69, 9.17) is 23.7 Å². The lowest BCUT2D eigenvalue weighted by molar-refractivity contribution is -0.120. The highest BCUT2D eigenvalue weighted by molar-refractivity contribution is 5.99. The largest absolute Gasteiger partial charge is 0.460 e. The molecule has 1 aliphatic heterocycles. The molecule has 1 heterocycles. The molecular weight excluding hydrogens is 576 g/mol. The smallest absolute Gasteiger partial charge is 0.338 e. The molecule has 9 nitrogen and oxygen atoms in total. The van der Waals surface area contributed by atoms with E-state index in [-0.39, 0.29) is 23.5 Å². The van der Waals surface area contributed by atoms with Crippen molar-refractivity contribution < 1.29 is 42.9 Å². The number of Topliss-reactive ketones (excluding diaryl/α,β-unsaturated/α-hetero) is 1. The first-order valence-electron chi connectivity index (χ1n) is 14.7. The van der Waals surface area contributed by atoms with Gasteiger partial charge in [0.15, 0.2) is 11.9 Å². The zero-order valence-corrected chi connectivity index (χ0v) is 24.2. The summed E-state index contributed by atoms with van der Waals surface area (Å²) in [5.74, 6) is -1.58. The number of rotatable bonds is 9. The van der Waals surface area contributed by atoms with Crippen molar-refractivity contribution in [3.8, 4) is 5.75 Å². The van der Waals surface area contributed by atoms with Crippen LogP contribution in [0.4, 0.5) is 0 Å².